The molecule has 9 heteroatoms. The van der Waals surface area contributed by atoms with Crippen LogP contribution in [0.3, 0.4) is 0 Å². The van der Waals surface area contributed by atoms with Gasteiger partial charge in [-0.2, -0.15) is 0 Å². The van der Waals surface area contributed by atoms with Gasteiger partial charge < -0.3 is 32.4 Å². The van der Waals surface area contributed by atoms with Crippen LogP contribution in [0.2, 0.25) is 0 Å². The van der Waals surface area contributed by atoms with E-state index in [1.165, 1.54) is 11.3 Å². The maximum Gasteiger partial charge on any atom is 0.261 e. The molecule has 1 fully saturated rings. The number of para-hydroxylation sites is 1. The van der Waals surface area contributed by atoms with E-state index in [4.69, 9.17) is 21.9 Å². The van der Waals surface area contributed by atoms with Crippen molar-refractivity contribution in [1.82, 2.24) is 5.32 Å². The number of benzene rings is 3. The largest absolute Gasteiger partial charge is 0.457 e. The quantitative estimate of drug-likeness (QED) is 0.239. The predicted molar refractivity (Wildman–Crippen MR) is 152 cm³/mol. The molecule has 4 aromatic rings. The van der Waals surface area contributed by atoms with E-state index in [1.54, 1.807) is 24.3 Å². The molecular weight excluding hydrogens is 512 g/mol. The summed E-state index contributed by atoms with van der Waals surface area (Å²) in [5.41, 5.74) is 21.3. The van der Waals surface area contributed by atoms with Gasteiger partial charge in [0.15, 0.2) is 5.78 Å². The minimum absolute atomic E-state index is 0.134. The molecule has 8 nitrogen and oxygen atoms in total. The van der Waals surface area contributed by atoms with Crippen LogP contribution in [-0.2, 0) is 10.3 Å². The Labute approximate surface area is 229 Å². The van der Waals surface area contributed by atoms with E-state index in [0.29, 0.717) is 68.1 Å². The van der Waals surface area contributed by atoms with Crippen molar-refractivity contribution in [2.24, 2.45) is 11.5 Å². The van der Waals surface area contributed by atoms with Gasteiger partial charge in [-0.3, -0.25) is 9.59 Å². The number of hydrogen-bond acceptors (Lipinski definition) is 8. The van der Waals surface area contributed by atoms with E-state index in [-0.39, 0.29) is 11.9 Å². The standard InChI is InChI=1S/C30H30N4O4S/c1-15-13-19(38-18-5-3-2-4-6-18)9-10-20(15)30(33)21-11-12-22(31)26-23(21)24(25(32)28(30)36)27(39-26)29(37)34-16-7-8-17(35)14-16/h2-6,9-13,16-17,25,35H,7-8,14,31-33H2,1H3,(H,34,37)/t16-,17+,25?,30?/m0/s1. The Balaban J connectivity index is 1.45. The van der Waals surface area contributed by atoms with E-state index in [0.717, 1.165) is 5.56 Å². The molecule has 2 unspecified atom stereocenters. The van der Waals surface area contributed by atoms with Crippen molar-refractivity contribution in [2.45, 2.75) is 49.9 Å². The van der Waals surface area contributed by atoms with Gasteiger partial charge in [0.25, 0.3) is 5.91 Å². The monoisotopic (exact) mass is 542 g/mol. The van der Waals surface area contributed by atoms with Gasteiger partial charge in [-0.1, -0.05) is 30.3 Å². The van der Waals surface area contributed by atoms with E-state index in [1.807, 2.05) is 43.3 Å². The Morgan fingerprint density at radius 1 is 1.08 bits per heavy atom. The van der Waals surface area contributed by atoms with Gasteiger partial charge in [-0.25, -0.2) is 0 Å². The van der Waals surface area contributed by atoms with Gasteiger partial charge in [0, 0.05) is 22.7 Å². The molecule has 8 N–H and O–H groups in total. The average Bonchev–Trinajstić information content (AvgIpc) is 3.52. The number of thiophene rings is 1. The lowest BCUT2D eigenvalue weighted by Crippen LogP contribution is -2.53. The molecule has 1 saturated carbocycles. The van der Waals surface area contributed by atoms with Gasteiger partial charge in [-0.05, 0) is 73.2 Å². The topological polar surface area (TPSA) is 154 Å². The summed E-state index contributed by atoms with van der Waals surface area (Å²) in [4.78, 5) is 27.8. The van der Waals surface area contributed by atoms with Crippen LogP contribution in [-0.4, -0.2) is 28.9 Å². The normalized spacial score (nSPS) is 24.2. The summed E-state index contributed by atoms with van der Waals surface area (Å²) in [7, 11) is 0. The molecule has 200 valence electrons. The minimum atomic E-state index is -1.54. The number of aliphatic hydroxyl groups excluding tert-OH is 1. The number of carbonyl (C=O) groups is 2. The molecule has 3 aromatic carbocycles. The first-order valence-corrected chi connectivity index (χ1v) is 13.8. The lowest BCUT2D eigenvalue weighted by molar-refractivity contribution is -0.124. The molecule has 0 aliphatic heterocycles. The number of rotatable bonds is 5. The maximum absolute atomic E-state index is 14.1. The van der Waals surface area contributed by atoms with Gasteiger partial charge >= 0.3 is 0 Å². The molecule has 0 saturated heterocycles. The average molecular weight is 543 g/mol. The van der Waals surface area contributed by atoms with Crippen molar-refractivity contribution in [1.29, 1.82) is 0 Å². The molecule has 1 heterocycles. The zero-order chi connectivity index (χ0) is 27.5. The summed E-state index contributed by atoms with van der Waals surface area (Å²) in [6.45, 7) is 1.88. The number of hydrogen-bond donors (Lipinski definition) is 5. The lowest BCUT2D eigenvalue weighted by Gasteiger charge is -2.37. The maximum atomic E-state index is 14.1. The third kappa shape index (κ3) is 4.09. The smallest absolute Gasteiger partial charge is 0.261 e. The third-order valence-electron chi connectivity index (χ3n) is 7.86. The lowest BCUT2D eigenvalue weighted by atomic mass is 9.69. The first-order chi connectivity index (χ1) is 18.7. The predicted octanol–water partition coefficient (Wildman–Crippen LogP) is 4.01. The number of ether oxygens (including phenoxy) is 1. The summed E-state index contributed by atoms with van der Waals surface area (Å²) >= 11 is 1.22. The number of nitrogens with two attached hydrogens (primary N) is 3. The summed E-state index contributed by atoms with van der Waals surface area (Å²) in [5.74, 6) is 0.601. The Bertz CT molecular complexity index is 1620. The minimum Gasteiger partial charge on any atom is -0.457 e. The second-order valence-electron chi connectivity index (χ2n) is 10.4. The Hall–Kier alpha value is -3.76. The molecule has 1 aromatic heterocycles. The highest BCUT2D eigenvalue weighted by atomic mass is 32.1. The van der Waals surface area contributed by atoms with Crippen molar-refractivity contribution < 1.29 is 19.4 Å². The summed E-state index contributed by atoms with van der Waals surface area (Å²) < 4.78 is 6.66. The highest BCUT2D eigenvalue weighted by molar-refractivity contribution is 7.21. The van der Waals surface area contributed by atoms with Gasteiger partial charge in [-0.15, -0.1) is 11.3 Å². The molecule has 6 rings (SSSR count). The molecule has 2 aliphatic rings. The molecule has 2 aliphatic carbocycles. The molecule has 0 spiro atoms. The molecular formula is C30H30N4O4S. The molecule has 0 bridgehead atoms. The number of amides is 1. The number of nitrogen functional groups attached to an aromatic ring is 1. The fourth-order valence-corrected chi connectivity index (χ4v) is 7.14. The van der Waals surface area contributed by atoms with Crippen LogP contribution in [0.4, 0.5) is 5.69 Å². The second kappa shape index (κ2) is 9.46. The second-order valence-corrected chi connectivity index (χ2v) is 11.5. The first kappa shape index (κ1) is 25.5. The fraction of sp³-hybridized carbons (Fsp3) is 0.267. The number of anilines is 1. The van der Waals surface area contributed by atoms with Crippen molar-refractivity contribution in [3.8, 4) is 11.5 Å². The van der Waals surface area contributed by atoms with E-state index < -0.39 is 23.5 Å². The van der Waals surface area contributed by atoms with Crippen LogP contribution in [0.25, 0.3) is 10.1 Å². The van der Waals surface area contributed by atoms with Crippen LogP contribution in [0, 0.1) is 6.92 Å². The van der Waals surface area contributed by atoms with E-state index in [2.05, 4.69) is 5.32 Å². The van der Waals surface area contributed by atoms with Gasteiger partial charge in [0.1, 0.15) is 17.0 Å². The summed E-state index contributed by atoms with van der Waals surface area (Å²) in [6.07, 6.45) is 1.41. The molecule has 0 radical (unpaired) electrons. The zero-order valence-corrected chi connectivity index (χ0v) is 22.3. The summed E-state index contributed by atoms with van der Waals surface area (Å²) in [5, 5.41) is 13.6. The number of ketones is 1. The Kier molecular flexibility index (Phi) is 6.19. The van der Waals surface area contributed by atoms with Crippen LogP contribution >= 0.6 is 11.3 Å². The molecule has 1 amide bonds. The van der Waals surface area contributed by atoms with Crippen molar-refractivity contribution in [3.05, 3.63) is 87.8 Å². The van der Waals surface area contributed by atoms with Crippen molar-refractivity contribution in [3.63, 3.8) is 0 Å². The highest BCUT2D eigenvalue weighted by Gasteiger charge is 2.49. The fourth-order valence-electron chi connectivity index (χ4n) is 5.93. The van der Waals surface area contributed by atoms with Crippen LogP contribution < -0.4 is 27.3 Å². The number of aliphatic hydroxyl groups is 1. The first-order valence-electron chi connectivity index (χ1n) is 13.0. The van der Waals surface area contributed by atoms with E-state index >= 15 is 0 Å². The van der Waals surface area contributed by atoms with Gasteiger partial charge in [0.05, 0.1) is 21.7 Å². The van der Waals surface area contributed by atoms with Gasteiger partial charge in [0.2, 0.25) is 0 Å². The zero-order valence-electron chi connectivity index (χ0n) is 21.4. The van der Waals surface area contributed by atoms with Crippen LogP contribution in [0.1, 0.15) is 57.2 Å². The Morgan fingerprint density at radius 2 is 1.82 bits per heavy atom. The van der Waals surface area contributed by atoms with Crippen molar-refractivity contribution in [2.75, 3.05) is 5.73 Å². The highest BCUT2D eigenvalue weighted by Crippen LogP contribution is 2.50. The van der Waals surface area contributed by atoms with Crippen LogP contribution in [0.5, 0.6) is 11.5 Å². The SMILES string of the molecule is Cc1cc(Oc2ccccc2)ccc1C1(N)C(=O)C(N)c2c(C(=O)N[C@H]3CC[C@@H](O)C3)sc3c(N)ccc1c23. The molecule has 4 atom stereocenters. The van der Waals surface area contributed by atoms with Crippen molar-refractivity contribution >= 4 is 38.8 Å². The third-order valence-corrected chi connectivity index (χ3v) is 9.11. The molecule has 39 heavy (non-hydrogen) atoms. The number of Topliss-reactive ketones (excluding diaryl/α,β-unsaturated/α-hetero) is 1. The number of carbonyl (C=O) groups excluding carboxylic acids is 2. The number of nitrogens with one attached hydrogen (secondary N) is 1. The summed E-state index contributed by atoms with van der Waals surface area (Å²) in [6, 6.07) is 17.1. The Morgan fingerprint density at radius 3 is 2.51 bits per heavy atom. The van der Waals surface area contributed by atoms with E-state index in [9.17, 15) is 14.7 Å². The number of aryl methyl sites for hydroxylation is 1. The van der Waals surface area contributed by atoms with Crippen LogP contribution in [0.15, 0.2) is 60.7 Å².